The van der Waals surface area contributed by atoms with Gasteiger partial charge >= 0.3 is 5.51 Å². The van der Waals surface area contributed by atoms with Gasteiger partial charge in [-0.2, -0.15) is 13.2 Å². The van der Waals surface area contributed by atoms with Gasteiger partial charge in [-0.15, -0.1) is 11.3 Å². The third-order valence-electron chi connectivity index (χ3n) is 2.56. The first-order chi connectivity index (χ1) is 10.3. The second-order valence-corrected chi connectivity index (χ2v) is 6.88. The Bertz CT molecular complexity index is 675. The fourth-order valence-corrected chi connectivity index (χ4v) is 3.10. The molecule has 0 radical (unpaired) electrons. The van der Waals surface area contributed by atoms with Crippen LogP contribution in [0.5, 0.6) is 0 Å². The van der Waals surface area contributed by atoms with E-state index in [1.165, 1.54) is 6.92 Å². The quantitative estimate of drug-likeness (QED) is 0.823. The van der Waals surface area contributed by atoms with Crippen LogP contribution in [-0.2, 0) is 4.79 Å². The first kappa shape index (κ1) is 17.1. The number of carbonyl (C=O) groups excluding carboxylic acids is 1. The Hall–Kier alpha value is -1.25. The molecule has 1 aromatic heterocycles. The van der Waals surface area contributed by atoms with Gasteiger partial charge in [0, 0.05) is 16.0 Å². The largest absolute Gasteiger partial charge is 0.442 e. The van der Waals surface area contributed by atoms with Crippen molar-refractivity contribution >= 4 is 45.7 Å². The maximum absolute atomic E-state index is 12.2. The van der Waals surface area contributed by atoms with Crippen molar-refractivity contribution in [2.75, 3.05) is 5.32 Å². The molecule has 0 aliphatic heterocycles. The summed E-state index contributed by atoms with van der Waals surface area (Å²) in [6, 6.07) is 7.04. The predicted octanol–water partition coefficient (Wildman–Crippen LogP) is 5.04. The standard InChI is InChI=1S/C13H10ClF3N2OS2/c1-7(22-13(15,16)17)11(20)19-12-18-10(6-21-12)8-4-2-3-5-9(8)14/h2-7H,1H3,(H,18,19,20)/t7-/m1/s1. The van der Waals surface area contributed by atoms with Crippen LogP contribution in [-0.4, -0.2) is 21.6 Å². The van der Waals surface area contributed by atoms with Gasteiger partial charge in [0.25, 0.3) is 0 Å². The predicted molar refractivity (Wildman–Crippen MR) is 84.3 cm³/mol. The molecule has 1 aromatic carbocycles. The molecule has 0 bridgehead atoms. The van der Waals surface area contributed by atoms with Gasteiger partial charge in [-0.3, -0.25) is 4.79 Å². The van der Waals surface area contributed by atoms with Crippen LogP contribution in [0, 0.1) is 0 Å². The van der Waals surface area contributed by atoms with Crippen molar-refractivity contribution < 1.29 is 18.0 Å². The molecule has 2 aromatic rings. The zero-order chi connectivity index (χ0) is 16.3. The molecule has 3 nitrogen and oxygen atoms in total. The summed E-state index contributed by atoms with van der Waals surface area (Å²) in [7, 11) is 0. The lowest BCUT2D eigenvalue weighted by Gasteiger charge is -2.12. The third kappa shape index (κ3) is 4.62. The van der Waals surface area contributed by atoms with Crippen LogP contribution >= 0.6 is 34.7 Å². The van der Waals surface area contributed by atoms with Crippen molar-refractivity contribution in [1.29, 1.82) is 0 Å². The van der Waals surface area contributed by atoms with Gasteiger partial charge in [-0.05, 0) is 24.8 Å². The number of nitrogens with one attached hydrogen (secondary N) is 1. The Kier molecular flexibility index (Phi) is 5.36. The minimum atomic E-state index is -4.46. The van der Waals surface area contributed by atoms with Gasteiger partial charge in [0.2, 0.25) is 5.91 Å². The number of anilines is 1. The molecule has 1 amide bonds. The number of alkyl halides is 3. The van der Waals surface area contributed by atoms with Crippen LogP contribution in [0.1, 0.15) is 6.92 Å². The molecule has 118 valence electrons. The first-order valence-corrected chi connectivity index (χ1v) is 8.16. The number of nitrogens with zero attached hydrogens (tertiary/aromatic N) is 1. The van der Waals surface area contributed by atoms with E-state index in [1.807, 2.05) is 0 Å². The molecule has 1 atom stereocenters. The summed E-state index contributed by atoms with van der Waals surface area (Å²) in [6.45, 7) is 1.19. The van der Waals surface area contributed by atoms with Crippen LogP contribution in [0.2, 0.25) is 5.02 Å². The number of benzene rings is 1. The lowest BCUT2D eigenvalue weighted by molar-refractivity contribution is -0.115. The Balaban J connectivity index is 2.07. The minimum absolute atomic E-state index is 0.231. The van der Waals surface area contributed by atoms with Gasteiger partial charge in [-0.1, -0.05) is 29.8 Å². The van der Waals surface area contributed by atoms with Crippen LogP contribution < -0.4 is 5.32 Å². The van der Waals surface area contributed by atoms with E-state index in [4.69, 9.17) is 11.6 Å². The Morgan fingerprint density at radius 2 is 2.09 bits per heavy atom. The summed E-state index contributed by atoms with van der Waals surface area (Å²) in [5.74, 6) is -0.748. The van der Waals surface area contributed by atoms with Crippen LogP contribution in [0.25, 0.3) is 11.3 Å². The molecule has 0 aliphatic rings. The maximum atomic E-state index is 12.2. The minimum Gasteiger partial charge on any atom is -0.301 e. The summed E-state index contributed by atoms with van der Waals surface area (Å²) in [4.78, 5) is 15.9. The molecular formula is C13H10ClF3N2OS2. The molecule has 0 saturated heterocycles. The van der Waals surface area contributed by atoms with Crippen LogP contribution in [0.3, 0.4) is 0 Å². The zero-order valence-corrected chi connectivity index (χ0v) is 13.5. The molecule has 1 heterocycles. The molecule has 0 saturated carbocycles. The molecule has 22 heavy (non-hydrogen) atoms. The van der Waals surface area contributed by atoms with E-state index in [0.717, 1.165) is 11.3 Å². The van der Waals surface area contributed by atoms with Crippen LogP contribution in [0.4, 0.5) is 18.3 Å². The van der Waals surface area contributed by atoms with Gasteiger partial charge in [0.15, 0.2) is 5.13 Å². The van der Waals surface area contributed by atoms with E-state index in [9.17, 15) is 18.0 Å². The summed E-state index contributed by atoms with van der Waals surface area (Å²) >= 11 is 6.80. The molecular weight excluding hydrogens is 357 g/mol. The highest BCUT2D eigenvalue weighted by Gasteiger charge is 2.34. The molecule has 0 unspecified atom stereocenters. The summed E-state index contributed by atoms with van der Waals surface area (Å²) in [6.07, 6.45) is 0. The fraction of sp³-hybridized carbons (Fsp3) is 0.231. The highest BCUT2D eigenvalue weighted by atomic mass is 35.5. The molecule has 0 spiro atoms. The number of thiazole rings is 1. The monoisotopic (exact) mass is 366 g/mol. The number of rotatable bonds is 4. The smallest absolute Gasteiger partial charge is 0.301 e. The van der Waals surface area contributed by atoms with E-state index in [0.29, 0.717) is 16.3 Å². The van der Waals surface area contributed by atoms with Gasteiger partial charge < -0.3 is 5.32 Å². The first-order valence-electron chi connectivity index (χ1n) is 6.02. The van der Waals surface area contributed by atoms with Crippen molar-refractivity contribution in [2.24, 2.45) is 0 Å². The average molecular weight is 367 g/mol. The second-order valence-electron chi connectivity index (χ2n) is 4.21. The summed E-state index contributed by atoms with van der Waals surface area (Å²) in [5, 5.41) is 3.54. The number of amides is 1. The second kappa shape index (κ2) is 6.89. The van der Waals surface area contributed by atoms with E-state index >= 15 is 0 Å². The number of carbonyl (C=O) groups is 1. The zero-order valence-electron chi connectivity index (χ0n) is 11.1. The number of thioether (sulfide) groups is 1. The number of hydrogen-bond donors (Lipinski definition) is 1. The van der Waals surface area contributed by atoms with E-state index in [1.54, 1.807) is 29.6 Å². The lowest BCUT2D eigenvalue weighted by atomic mass is 10.2. The Morgan fingerprint density at radius 1 is 1.41 bits per heavy atom. The molecule has 9 heteroatoms. The SMILES string of the molecule is C[C@@H](SC(F)(F)F)C(=O)Nc1nc(-c2ccccc2Cl)cs1. The van der Waals surface area contributed by atoms with Crippen molar-refractivity contribution in [2.45, 2.75) is 17.7 Å². The normalized spacial score (nSPS) is 13.0. The molecule has 2 rings (SSSR count). The van der Waals surface area contributed by atoms with Crippen LogP contribution in [0.15, 0.2) is 29.6 Å². The van der Waals surface area contributed by atoms with Crippen molar-refractivity contribution in [1.82, 2.24) is 4.98 Å². The molecule has 0 fully saturated rings. The summed E-state index contributed by atoms with van der Waals surface area (Å²) < 4.78 is 36.7. The molecule has 0 aliphatic carbocycles. The highest BCUT2D eigenvalue weighted by molar-refractivity contribution is 8.01. The average Bonchev–Trinajstić information content (AvgIpc) is 2.85. The fourth-order valence-electron chi connectivity index (χ4n) is 1.58. The number of halogens is 4. The Labute approximate surface area is 137 Å². The summed E-state index contributed by atoms with van der Waals surface area (Å²) in [5.41, 5.74) is -3.21. The van der Waals surface area contributed by atoms with Crippen molar-refractivity contribution in [3.63, 3.8) is 0 Å². The Morgan fingerprint density at radius 3 is 2.73 bits per heavy atom. The van der Waals surface area contributed by atoms with E-state index in [2.05, 4.69) is 10.3 Å². The lowest BCUT2D eigenvalue weighted by Crippen LogP contribution is -2.25. The van der Waals surface area contributed by atoms with Gasteiger partial charge in [0.05, 0.1) is 10.9 Å². The molecule has 1 N–H and O–H groups in total. The van der Waals surface area contributed by atoms with E-state index in [-0.39, 0.29) is 16.9 Å². The topological polar surface area (TPSA) is 42.0 Å². The van der Waals surface area contributed by atoms with E-state index < -0.39 is 16.7 Å². The van der Waals surface area contributed by atoms with Crippen molar-refractivity contribution in [3.8, 4) is 11.3 Å². The van der Waals surface area contributed by atoms with Crippen molar-refractivity contribution in [3.05, 3.63) is 34.7 Å². The third-order valence-corrected chi connectivity index (χ3v) is 4.49. The number of aromatic nitrogens is 1. The van der Waals surface area contributed by atoms with Gasteiger partial charge in [0.1, 0.15) is 0 Å². The number of hydrogen-bond acceptors (Lipinski definition) is 4. The van der Waals surface area contributed by atoms with Gasteiger partial charge in [-0.25, -0.2) is 4.98 Å². The highest BCUT2D eigenvalue weighted by Crippen LogP contribution is 2.35. The maximum Gasteiger partial charge on any atom is 0.442 e.